The molecule has 0 spiro atoms. The number of amides is 2. The summed E-state index contributed by atoms with van der Waals surface area (Å²) >= 11 is 0. The lowest BCUT2D eigenvalue weighted by Crippen LogP contribution is -2.33. The Morgan fingerprint density at radius 3 is 2.91 bits per heavy atom. The zero-order chi connectivity index (χ0) is 8.27. The number of rotatable bonds is 2. The fourth-order valence-corrected chi connectivity index (χ4v) is 1.17. The van der Waals surface area contributed by atoms with E-state index < -0.39 is 6.09 Å². The van der Waals surface area contributed by atoms with Crippen LogP contribution in [0.15, 0.2) is 0 Å². The van der Waals surface area contributed by atoms with Gasteiger partial charge in [0.25, 0.3) is 0 Å². The number of carbonyl (C=O) groups is 2. The number of carboxylic acid groups (broad SMARTS) is 1. The predicted octanol–water partition coefficient (Wildman–Crippen LogP) is -0.515. The van der Waals surface area contributed by atoms with Gasteiger partial charge in [0.2, 0.25) is 6.41 Å². The van der Waals surface area contributed by atoms with Crippen molar-refractivity contribution in [1.82, 2.24) is 10.2 Å². The highest BCUT2D eigenvalue weighted by atomic mass is 16.4. The second-order valence-corrected chi connectivity index (χ2v) is 2.50. The minimum Gasteiger partial charge on any atom is -0.465 e. The number of hydrogen-bond acceptors (Lipinski definition) is 2. The van der Waals surface area contributed by atoms with E-state index in [-0.39, 0.29) is 6.04 Å². The Balaban J connectivity index is 2.34. The average molecular weight is 158 g/mol. The molecule has 1 aliphatic rings. The van der Waals surface area contributed by atoms with Gasteiger partial charge in [-0.3, -0.25) is 4.79 Å². The van der Waals surface area contributed by atoms with Crippen molar-refractivity contribution in [2.45, 2.75) is 12.5 Å². The molecule has 0 aromatic carbocycles. The molecule has 1 aliphatic heterocycles. The van der Waals surface area contributed by atoms with Gasteiger partial charge in [-0.05, 0) is 6.42 Å². The van der Waals surface area contributed by atoms with Crippen LogP contribution in [0, 0.1) is 0 Å². The SMILES string of the molecule is O=CN[C@H]1CCN(C(=O)O)C1. The summed E-state index contributed by atoms with van der Waals surface area (Å²) in [6, 6.07) is 0.00333. The largest absolute Gasteiger partial charge is 0.465 e. The number of nitrogens with zero attached hydrogens (tertiary/aromatic N) is 1. The van der Waals surface area contributed by atoms with Crippen molar-refractivity contribution in [2.24, 2.45) is 0 Å². The van der Waals surface area contributed by atoms with Gasteiger partial charge < -0.3 is 15.3 Å². The van der Waals surface area contributed by atoms with Crippen molar-refractivity contribution in [1.29, 1.82) is 0 Å². The lowest BCUT2D eigenvalue weighted by atomic mass is 10.3. The first kappa shape index (κ1) is 7.84. The first-order valence-electron chi connectivity index (χ1n) is 3.41. The molecule has 5 nitrogen and oxygen atoms in total. The monoisotopic (exact) mass is 158 g/mol. The van der Waals surface area contributed by atoms with Crippen LogP contribution in [0.1, 0.15) is 6.42 Å². The molecule has 0 radical (unpaired) electrons. The molecule has 0 aromatic rings. The fourth-order valence-electron chi connectivity index (χ4n) is 1.17. The van der Waals surface area contributed by atoms with Crippen LogP contribution in [0.2, 0.25) is 0 Å². The summed E-state index contributed by atoms with van der Waals surface area (Å²) in [6.45, 7) is 0.926. The van der Waals surface area contributed by atoms with Gasteiger partial charge in [-0.15, -0.1) is 0 Å². The minimum absolute atomic E-state index is 0.00333. The molecule has 2 N–H and O–H groups in total. The predicted molar refractivity (Wildman–Crippen MR) is 37.2 cm³/mol. The standard InChI is InChI=1S/C6H10N2O3/c9-4-7-5-1-2-8(3-5)6(10)11/h4-5H,1-3H2,(H,7,9)(H,10,11)/t5-/m0/s1. The quantitative estimate of drug-likeness (QED) is 0.531. The van der Waals surface area contributed by atoms with E-state index in [0.717, 1.165) is 0 Å². The van der Waals surface area contributed by atoms with Gasteiger partial charge >= 0.3 is 6.09 Å². The maximum Gasteiger partial charge on any atom is 0.407 e. The van der Waals surface area contributed by atoms with E-state index in [4.69, 9.17) is 5.11 Å². The van der Waals surface area contributed by atoms with Crippen molar-refractivity contribution >= 4 is 12.5 Å². The summed E-state index contributed by atoms with van der Waals surface area (Å²) < 4.78 is 0. The second kappa shape index (κ2) is 3.23. The molecule has 0 aromatic heterocycles. The lowest BCUT2D eigenvalue weighted by molar-refractivity contribution is -0.110. The van der Waals surface area contributed by atoms with Crippen LogP contribution in [0.3, 0.4) is 0 Å². The zero-order valence-electron chi connectivity index (χ0n) is 5.99. The third-order valence-corrected chi connectivity index (χ3v) is 1.76. The molecule has 0 aliphatic carbocycles. The van der Waals surface area contributed by atoms with Crippen LogP contribution in [-0.2, 0) is 4.79 Å². The molecule has 1 heterocycles. The van der Waals surface area contributed by atoms with Crippen LogP contribution in [0.5, 0.6) is 0 Å². The van der Waals surface area contributed by atoms with E-state index >= 15 is 0 Å². The number of nitrogens with one attached hydrogen (secondary N) is 1. The molecule has 62 valence electrons. The molecule has 0 bridgehead atoms. The highest BCUT2D eigenvalue weighted by Crippen LogP contribution is 2.07. The zero-order valence-corrected chi connectivity index (χ0v) is 5.99. The maximum atomic E-state index is 10.4. The molecule has 2 amide bonds. The number of carbonyl (C=O) groups excluding carboxylic acids is 1. The second-order valence-electron chi connectivity index (χ2n) is 2.50. The van der Waals surface area contributed by atoms with E-state index in [1.54, 1.807) is 0 Å². The topological polar surface area (TPSA) is 69.6 Å². The van der Waals surface area contributed by atoms with Crippen LogP contribution >= 0.6 is 0 Å². The molecule has 11 heavy (non-hydrogen) atoms. The minimum atomic E-state index is -0.916. The van der Waals surface area contributed by atoms with Gasteiger partial charge in [0.15, 0.2) is 0 Å². The molecule has 0 unspecified atom stereocenters. The van der Waals surface area contributed by atoms with Gasteiger partial charge in [-0.1, -0.05) is 0 Å². The van der Waals surface area contributed by atoms with Gasteiger partial charge in [0.1, 0.15) is 0 Å². The molecule has 1 fully saturated rings. The van der Waals surface area contributed by atoms with Crippen LogP contribution in [0.4, 0.5) is 4.79 Å². The van der Waals surface area contributed by atoms with E-state index in [1.165, 1.54) is 4.90 Å². The van der Waals surface area contributed by atoms with Crippen LogP contribution in [0.25, 0.3) is 0 Å². The van der Waals surface area contributed by atoms with Gasteiger partial charge in [0.05, 0.1) is 0 Å². The van der Waals surface area contributed by atoms with Crippen molar-refractivity contribution < 1.29 is 14.7 Å². The van der Waals surface area contributed by atoms with Crippen molar-refractivity contribution in [2.75, 3.05) is 13.1 Å². The Bertz CT molecular complexity index is 171. The van der Waals surface area contributed by atoms with Gasteiger partial charge in [0, 0.05) is 19.1 Å². The van der Waals surface area contributed by atoms with Crippen molar-refractivity contribution in [3.8, 4) is 0 Å². The summed E-state index contributed by atoms with van der Waals surface area (Å²) in [5.41, 5.74) is 0. The first-order chi connectivity index (χ1) is 5.24. The van der Waals surface area contributed by atoms with Gasteiger partial charge in [-0.2, -0.15) is 0 Å². The Morgan fingerprint density at radius 2 is 2.45 bits per heavy atom. The first-order valence-corrected chi connectivity index (χ1v) is 3.41. The smallest absolute Gasteiger partial charge is 0.407 e. The third kappa shape index (κ3) is 1.83. The Labute approximate surface area is 64.0 Å². The molecule has 5 heteroatoms. The molecule has 1 atom stereocenters. The summed E-state index contributed by atoms with van der Waals surface area (Å²) in [7, 11) is 0. The van der Waals surface area contributed by atoms with E-state index in [2.05, 4.69) is 5.32 Å². The lowest BCUT2D eigenvalue weighted by Gasteiger charge is -2.10. The van der Waals surface area contributed by atoms with Crippen molar-refractivity contribution in [3.63, 3.8) is 0 Å². The molecular formula is C6H10N2O3. The normalized spacial score (nSPS) is 23.3. The van der Waals surface area contributed by atoms with Gasteiger partial charge in [-0.25, -0.2) is 4.79 Å². The highest BCUT2D eigenvalue weighted by Gasteiger charge is 2.24. The van der Waals surface area contributed by atoms with Crippen LogP contribution in [-0.4, -0.2) is 41.6 Å². The number of hydrogen-bond donors (Lipinski definition) is 2. The van der Waals surface area contributed by atoms with E-state index in [9.17, 15) is 9.59 Å². The molecule has 1 saturated heterocycles. The summed E-state index contributed by atoms with van der Waals surface area (Å²) in [5, 5.41) is 11.1. The summed E-state index contributed by atoms with van der Waals surface area (Å²) in [6.07, 6.45) is 0.404. The molecule has 1 rings (SSSR count). The van der Waals surface area contributed by atoms with Crippen LogP contribution < -0.4 is 5.32 Å². The number of likely N-dealkylation sites (tertiary alicyclic amines) is 1. The molecule has 0 saturated carbocycles. The van der Waals surface area contributed by atoms with E-state index in [0.29, 0.717) is 25.9 Å². The summed E-state index contributed by atoms with van der Waals surface area (Å²) in [4.78, 5) is 21.6. The fraction of sp³-hybridized carbons (Fsp3) is 0.667. The summed E-state index contributed by atoms with van der Waals surface area (Å²) in [5.74, 6) is 0. The Hall–Kier alpha value is -1.26. The Kier molecular flexibility index (Phi) is 2.30. The van der Waals surface area contributed by atoms with E-state index in [1.807, 2.05) is 0 Å². The molecular weight excluding hydrogens is 148 g/mol. The Morgan fingerprint density at radius 1 is 1.73 bits per heavy atom. The highest BCUT2D eigenvalue weighted by molar-refractivity contribution is 5.65. The van der Waals surface area contributed by atoms with Crippen molar-refractivity contribution in [3.05, 3.63) is 0 Å². The third-order valence-electron chi connectivity index (χ3n) is 1.76. The average Bonchev–Trinajstić information content (AvgIpc) is 2.37. The maximum absolute atomic E-state index is 10.4.